The van der Waals surface area contributed by atoms with E-state index < -0.39 is 0 Å². The summed E-state index contributed by atoms with van der Waals surface area (Å²) >= 11 is 0. The van der Waals surface area contributed by atoms with Gasteiger partial charge in [-0.1, -0.05) is 24.3 Å². The number of aromatic nitrogens is 2. The monoisotopic (exact) mass is 254 g/mol. The molecule has 0 saturated heterocycles. The summed E-state index contributed by atoms with van der Waals surface area (Å²) < 4.78 is 15.4. The third-order valence-corrected chi connectivity index (χ3v) is 3.14. The smallest absolute Gasteiger partial charge is 0.229 e. The molecule has 2 aromatic carbocycles. The number of nitrogens with zero attached hydrogens (tertiary/aromatic N) is 2. The van der Waals surface area contributed by atoms with Crippen molar-refractivity contribution in [3.63, 3.8) is 0 Å². The van der Waals surface area contributed by atoms with Gasteiger partial charge in [0, 0.05) is 30.4 Å². The summed E-state index contributed by atoms with van der Waals surface area (Å²) in [7, 11) is 1.76. The molecule has 0 spiro atoms. The molecule has 4 heteroatoms. The number of hydrogen-bond donors (Lipinski definition) is 0. The third kappa shape index (κ3) is 1.81. The van der Waals surface area contributed by atoms with Crippen LogP contribution in [0.5, 0.6) is 0 Å². The van der Waals surface area contributed by atoms with Crippen LogP contribution in [0.3, 0.4) is 0 Å². The number of fused-ring (bicyclic) bond motifs is 1. The van der Waals surface area contributed by atoms with Crippen molar-refractivity contribution in [2.24, 2.45) is 7.05 Å². The van der Waals surface area contributed by atoms with E-state index in [1.165, 1.54) is 12.1 Å². The molecule has 0 saturated carbocycles. The second-order valence-electron chi connectivity index (χ2n) is 4.33. The Morgan fingerprint density at radius 1 is 1.16 bits per heavy atom. The van der Waals surface area contributed by atoms with Crippen molar-refractivity contribution in [3.05, 3.63) is 66.0 Å². The van der Waals surface area contributed by atoms with Crippen LogP contribution in [0.15, 0.2) is 48.8 Å². The number of rotatable bonds is 2. The Kier molecular flexibility index (Phi) is 2.63. The van der Waals surface area contributed by atoms with E-state index in [9.17, 15) is 9.18 Å². The highest BCUT2D eigenvalue weighted by Crippen LogP contribution is 2.23. The average Bonchev–Trinajstić information content (AvgIpc) is 2.85. The average molecular weight is 254 g/mol. The van der Waals surface area contributed by atoms with E-state index in [0.717, 1.165) is 0 Å². The van der Waals surface area contributed by atoms with Crippen molar-refractivity contribution in [3.8, 4) is 0 Å². The molecule has 0 aliphatic carbocycles. The number of halogens is 1. The van der Waals surface area contributed by atoms with Crippen molar-refractivity contribution in [2.45, 2.75) is 0 Å². The van der Waals surface area contributed by atoms with Crippen molar-refractivity contribution in [1.29, 1.82) is 0 Å². The van der Waals surface area contributed by atoms with Crippen LogP contribution >= 0.6 is 0 Å². The van der Waals surface area contributed by atoms with E-state index in [0.29, 0.717) is 22.2 Å². The number of imidazole rings is 1. The van der Waals surface area contributed by atoms with Gasteiger partial charge in [0.1, 0.15) is 5.82 Å². The molecule has 0 unspecified atom stereocenters. The first-order valence-electron chi connectivity index (χ1n) is 5.88. The van der Waals surface area contributed by atoms with Crippen LogP contribution in [0.2, 0.25) is 0 Å². The Balaban J connectivity index is 2.24. The lowest BCUT2D eigenvalue weighted by atomic mass is 10.0. The lowest BCUT2D eigenvalue weighted by Gasteiger charge is -2.06. The topological polar surface area (TPSA) is 34.9 Å². The van der Waals surface area contributed by atoms with Gasteiger partial charge in [0.25, 0.3) is 0 Å². The molecule has 0 amide bonds. The number of hydrogen-bond acceptors (Lipinski definition) is 2. The molecular weight excluding hydrogens is 243 g/mol. The zero-order valence-corrected chi connectivity index (χ0v) is 10.3. The van der Waals surface area contributed by atoms with E-state index in [1.54, 1.807) is 48.3 Å². The number of carbonyl (C=O) groups excluding carboxylic acids is 1. The van der Waals surface area contributed by atoms with Crippen molar-refractivity contribution in [2.75, 3.05) is 0 Å². The molecular formula is C15H11FN2O. The van der Waals surface area contributed by atoms with Crippen molar-refractivity contribution in [1.82, 2.24) is 9.55 Å². The summed E-state index contributed by atoms with van der Waals surface area (Å²) in [5.41, 5.74) is 0.464. The predicted molar refractivity (Wildman–Crippen MR) is 70.5 cm³/mol. The summed E-state index contributed by atoms with van der Waals surface area (Å²) in [5, 5.41) is 1.05. The van der Waals surface area contributed by atoms with Crippen LogP contribution in [0.25, 0.3) is 10.8 Å². The first-order chi connectivity index (χ1) is 9.18. The predicted octanol–water partition coefficient (Wildman–Crippen LogP) is 2.94. The molecule has 0 aliphatic rings. The number of carbonyl (C=O) groups is 1. The lowest BCUT2D eigenvalue weighted by Crippen LogP contribution is -2.09. The summed E-state index contributed by atoms with van der Waals surface area (Å²) in [6.07, 6.45) is 3.28. The molecule has 0 N–H and O–H groups in total. The summed E-state index contributed by atoms with van der Waals surface area (Å²) in [5.74, 6) is -0.188. The second-order valence-corrected chi connectivity index (χ2v) is 4.33. The van der Waals surface area contributed by atoms with Crippen LogP contribution in [-0.4, -0.2) is 15.3 Å². The fraction of sp³-hybridized carbons (Fsp3) is 0.0667. The molecule has 94 valence electrons. The minimum atomic E-state index is -0.327. The van der Waals surface area contributed by atoms with Crippen LogP contribution < -0.4 is 0 Å². The number of benzene rings is 2. The molecule has 0 aliphatic heterocycles. The van der Waals surface area contributed by atoms with Gasteiger partial charge < -0.3 is 4.57 Å². The molecule has 1 heterocycles. The largest absolute Gasteiger partial charge is 0.331 e. The number of ketones is 1. The summed E-state index contributed by atoms with van der Waals surface area (Å²) in [6.45, 7) is 0. The standard InChI is InChI=1S/C15H11FN2O/c1-18-9-8-17-15(18)14(19)12-6-7-13(16)11-5-3-2-4-10(11)12/h2-9H,1H3. The highest BCUT2D eigenvalue weighted by molar-refractivity contribution is 6.14. The Labute approximate surface area is 109 Å². The quantitative estimate of drug-likeness (QED) is 0.659. The highest BCUT2D eigenvalue weighted by Gasteiger charge is 2.17. The Bertz CT molecular complexity index is 777. The molecule has 0 bridgehead atoms. The van der Waals surface area contributed by atoms with E-state index in [-0.39, 0.29) is 11.6 Å². The maximum atomic E-state index is 13.7. The Morgan fingerprint density at radius 3 is 2.58 bits per heavy atom. The van der Waals surface area contributed by atoms with E-state index in [4.69, 9.17) is 0 Å². The first-order valence-corrected chi connectivity index (χ1v) is 5.88. The molecule has 0 fully saturated rings. The fourth-order valence-corrected chi connectivity index (χ4v) is 2.17. The normalized spacial score (nSPS) is 10.8. The Hall–Kier alpha value is -2.49. The van der Waals surface area contributed by atoms with Gasteiger partial charge in [0.15, 0.2) is 5.82 Å². The minimum absolute atomic E-state index is 0.205. The maximum absolute atomic E-state index is 13.7. The van der Waals surface area contributed by atoms with Gasteiger partial charge >= 0.3 is 0 Å². The zero-order valence-electron chi connectivity index (χ0n) is 10.3. The molecule has 3 aromatic rings. The fourth-order valence-electron chi connectivity index (χ4n) is 2.17. The van der Waals surface area contributed by atoms with E-state index in [1.807, 2.05) is 0 Å². The SMILES string of the molecule is Cn1ccnc1C(=O)c1ccc(F)c2ccccc12. The van der Waals surface area contributed by atoms with Gasteiger partial charge in [0.2, 0.25) is 5.78 Å². The molecule has 3 nitrogen and oxygen atoms in total. The van der Waals surface area contributed by atoms with Gasteiger partial charge in [-0.05, 0) is 17.5 Å². The first kappa shape index (κ1) is 11.6. The summed E-state index contributed by atoms with van der Waals surface area (Å²) in [4.78, 5) is 16.5. The van der Waals surface area contributed by atoms with Crippen molar-refractivity contribution < 1.29 is 9.18 Å². The zero-order chi connectivity index (χ0) is 13.4. The third-order valence-electron chi connectivity index (χ3n) is 3.14. The second kappa shape index (κ2) is 4.31. The van der Waals surface area contributed by atoms with E-state index >= 15 is 0 Å². The van der Waals surface area contributed by atoms with Gasteiger partial charge in [-0.15, -0.1) is 0 Å². The van der Waals surface area contributed by atoms with Gasteiger partial charge in [-0.25, -0.2) is 9.37 Å². The molecule has 1 aromatic heterocycles. The Morgan fingerprint density at radius 2 is 1.89 bits per heavy atom. The maximum Gasteiger partial charge on any atom is 0.229 e. The minimum Gasteiger partial charge on any atom is -0.331 e. The van der Waals surface area contributed by atoms with Crippen LogP contribution in [0.4, 0.5) is 4.39 Å². The van der Waals surface area contributed by atoms with Crippen LogP contribution in [0.1, 0.15) is 16.2 Å². The van der Waals surface area contributed by atoms with Crippen molar-refractivity contribution >= 4 is 16.6 Å². The summed E-state index contributed by atoms with van der Waals surface area (Å²) in [6, 6.07) is 9.78. The highest BCUT2D eigenvalue weighted by atomic mass is 19.1. The van der Waals surface area contributed by atoms with Crippen LogP contribution in [-0.2, 0) is 7.05 Å². The molecule has 0 atom stereocenters. The van der Waals surface area contributed by atoms with Gasteiger partial charge in [0.05, 0.1) is 0 Å². The van der Waals surface area contributed by atoms with E-state index in [2.05, 4.69) is 4.98 Å². The molecule has 0 radical (unpaired) electrons. The molecule has 3 rings (SSSR count). The molecule has 19 heavy (non-hydrogen) atoms. The van der Waals surface area contributed by atoms with Gasteiger partial charge in [-0.3, -0.25) is 4.79 Å². The van der Waals surface area contributed by atoms with Crippen LogP contribution in [0, 0.1) is 5.82 Å². The van der Waals surface area contributed by atoms with Gasteiger partial charge in [-0.2, -0.15) is 0 Å². The lowest BCUT2D eigenvalue weighted by molar-refractivity contribution is 0.102. The number of aryl methyl sites for hydroxylation is 1.